The highest BCUT2D eigenvalue weighted by Crippen LogP contribution is 2.30. The van der Waals surface area contributed by atoms with Gasteiger partial charge in [-0.2, -0.15) is 5.10 Å². The van der Waals surface area contributed by atoms with Crippen LogP contribution < -0.4 is 10.1 Å². The van der Waals surface area contributed by atoms with E-state index in [1.165, 1.54) is 6.33 Å². The van der Waals surface area contributed by atoms with Crippen LogP contribution >= 0.6 is 0 Å². The number of nitrogens with zero attached hydrogens (tertiary/aromatic N) is 4. The number of aryl methyl sites for hydroxylation is 2. The average Bonchev–Trinajstić information content (AvgIpc) is 2.82. The van der Waals surface area contributed by atoms with Crippen molar-refractivity contribution in [3.05, 3.63) is 36.3 Å². The van der Waals surface area contributed by atoms with Crippen molar-refractivity contribution in [3.63, 3.8) is 0 Å². The van der Waals surface area contributed by atoms with Gasteiger partial charge in [0.05, 0.1) is 24.4 Å². The van der Waals surface area contributed by atoms with E-state index in [-0.39, 0.29) is 0 Å². The highest BCUT2D eigenvalue weighted by molar-refractivity contribution is 5.88. The third-order valence-corrected chi connectivity index (χ3v) is 3.14. The van der Waals surface area contributed by atoms with Gasteiger partial charge in [-0.05, 0) is 24.6 Å². The minimum Gasteiger partial charge on any atom is -0.495 e. The molecular weight excluding hydrogens is 254 g/mol. The smallest absolute Gasteiger partial charge is 0.163 e. The van der Waals surface area contributed by atoms with Gasteiger partial charge in [-0.3, -0.25) is 4.68 Å². The van der Waals surface area contributed by atoms with Crippen LogP contribution in [-0.4, -0.2) is 26.9 Å². The summed E-state index contributed by atoms with van der Waals surface area (Å²) in [5.74, 6) is 1.48. The van der Waals surface area contributed by atoms with Gasteiger partial charge < -0.3 is 10.1 Å². The molecule has 0 fully saturated rings. The quantitative estimate of drug-likeness (QED) is 0.791. The lowest BCUT2D eigenvalue weighted by atomic mass is 10.2. The van der Waals surface area contributed by atoms with Gasteiger partial charge in [-0.15, -0.1) is 0 Å². The van der Waals surface area contributed by atoms with Crippen LogP contribution in [0.25, 0.3) is 11.0 Å². The molecule has 0 unspecified atom stereocenters. The number of anilines is 2. The zero-order valence-corrected chi connectivity index (χ0v) is 11.6. The summed E-state index contributed by atoms with van der Waals surface area (Å²) in [7, 11) is 3.50. The van der Waals surface area contributed by atoms with Crippen molar-refractivity contribution in [3.8, 4) is 5.75 Å². The van der Waals surface area contributed by atoms with Crippen LogP contribution in [0.2, 0.25) is 0 Å². The first-order valence-electron chi connectivity index (χ1n) is 6.23. The van der Waals surface area contributed by atoms with Crippen molar-refractivity contribution in [2.45, 2.75) is 6.92 Å². The highest BCUT2D eigenvalue weighted by atomic mass is 16.5. The Labute approximate surface area is 116 Å². The summed E-state index contributed by atoms with van der Waals surface area (Å²) in [4.78, 5) is 8.51. The lowest BCUT2D eigenvalue weighted by Crippen LogP contribution is -1.99. The molecule has 1 N–H and O–H groups in total. The second-order valence-electron chi connectivity index (χ2n) is 4.56. The third kappa shape index (κ3) is 2.05. The van der Waals surface area contributed by atoms with Gasteiger partial charge in [-0.25, -0.2) is 9.97 Å². The van der Waals surface area contributed by atoms with Gasteiger partial charge in [0, 0.05) is 7.05 Å². The lowest BCUT2D eigenvalue weighted by molar-refractivity contribution is 0.416. The molecule has 0 saturated carbocycles. The van der Waals surface area contributed by atoms with Crippen molar-refractivity contribution in [2.75, 3.05) is 12.4 Å². The Hall–Kier alpha value is -2.63. The molecular formula is C14H15N5O. The predicted molar refractivity (Wildman–Crippen MR) is 77.3 cm³/mol. The summed E-state index contributed by atoms with van der Waals surface area (Å²) in [5.41, 5.74) is 2.80. The molecule has 2 heterocycles. The molecule has 3 rings (SSSR count). The van der Waals surface area contributed by atoms with Crippen LogP contribution in [-0.2, 0) is 7.05 Å². The average molecular weight is 269 g/mol. The Bertz CT molecular complexity index is 765. The van der Waals surface area contributed by atoms with Gasteiger partial charge in [0.1, 0.15) is 17.9 Å². The summed E-state index contributed by atoms with van der Waals surface area (Å²) in [5, 5.41) is 8.37. The lowest BCUT2D eigenvalue weighted by Gasteiger charge is -2.11. The molecule has 102 valence electrons. The fourth-order valence-electron chi connectivity index (χ4n) is 2.11. The van der Waals surface area contributed by atoms with E-state index in [1.807, 2.05) is 32.2 Å². The molecule has 0 saturated heterocycles. The SMILES string of the molecule is COc1ccc(C)cc1Nc1ncnc2c1cnn2C. The number of benzene rings is 1. The minimum absolute atomic E-state index is 0.715. The molecule has 0 aliphatic heterocycles. The Morgan fingerprint density at radius 1 is 1.25 bits per heavy atom. The van der Waals surface area contributed by atoms with Crippen molar-refractivity contribution < 1.29 is 4.74 Å². The zero-order valence-electron chi connectivity index (χ0n) is 11.6. The number of fused-ring (bicyclic) bond motifs is 1. The van der Waals surface area contributed by atoms with Crippen LogP contribution in [0.4, 0.5) is 11.5 Å². The largest absolute Gasteiger partial charge is 0.495 e. The Morgan fingerprint density at radius 2 is 2.10 bits per heavy atom. The second kappa shape index (κ2) is 4.80. The Morgan fingerprint density at radius 3 is 2.90 bits per heavy atom. The van der Waals surface area contributed by atoms with Gasteiger partial charge in [-0.1, -0.05) is 6.07 Å². The fraction of sp³-hybridized carbons (Fsp3) is 0.214. The molecule has 6 heteroatoms. The van der Waals surface area contributed by atoms with Crippen molar-refractivity contribution >= 4 is 22.5 Å². The minimum atomic E-state index is 0.715. The summed E-state index contributed by atoms with van der Waals surface area (Å²) in [6.07, 6.45) is 3.27. The number of hydrogen-bond acceptors (Lipinski definition) is 5. The maximum atomic E-state index is 5.36. The van der Waals surface area contributed by atoms with Crippen LogP contribution in [0.1, 0.15) is 5.56 Å². The normalized spacial score (nSPS) is 10.8. The Balaban J connectivity index is 2.07. The first kappa shape index (κ1) is 12.4. The molecule has 0 spiro atoms. The molecule has 0 bridgehead atoms. The molecule has 0 aliphatic carbocycles. The predicted octanol–water partition coefficient (Wildman–Crippen LogP) is 2.42. The van der Waals surface area contributed by atoms with E-state index in [0.29, 0.717) is 5.82 Å². The topological polar surface area (TPSA) is 64.9 Å². The van der Waals surface area contributed by atoms with E-state index in [0.717, 1.165) is 28.0 Å². The van der Waals surface area contributed by atoms with E-state index in [4.69, 9.17) is 4.74 Å². The van der Waals surface area contributed by atoms with Gasteiger partial charge >= 0.3 is 0 Å². The number of aromatic nitrogens is 4. The molecule has 0 atom stereocenters. The standard InChI is InChI=1S/C14H15N5O/c1-9-4-5-12(20-3)11(6-9)18-13-10-7-17-19(2)14(10)16-8-15-13/h4-8H,1-3H3,(H,15,16,18). The van der Waals surface area contributed by atoms with E-state index in [9.17, 15) is 0 Å². The molecule has 0 aliphatic rings. The molecule has 0 radical (unpaired) electrons. The molecule has 2 aromatic heterocycles. The van der Waals surface area contributed by atoms with E-state index in [2.05, 4.69) is 20.4 Å². The maximum absolute atomic E-state index is 5.36. The molecule has 1 aromatic carbocycles. The molecule has 20 heavy (non-hydrogen) atoms. The number of ether oxygens (including phenoxy) is 1. The van der Waals surface area contributed by atoms with E-state index < -0.39 is 0 Å². The fourth-order valence-corrected chi connectivity index (χ4v) is 2.11. The van der Waals surface area contributed by atoms with Gasteiger partial charge in [0.25, 0.3) is 0 Å². The highest BCUT2D eigenvalue weighted by Gasteiger charge is 2.10. The first-order chi connectivity index (χ1) is 9.69. The summed E-state index contributed by atoms with van der Waals surface area (Å²) >= 11 is 0. The van der Waals surface area contributed by atoms with E-state index in [1.54, 1.807) is 18.0 Å². The number of methoxy groups -OCH3 is 1. The monoisotopic (exact) mass is 269 g/mol. The first-order valence-corrected chi connectivity index (χ1v) is 6.23. The number of rotatable bonds is 3. The van der Waals surface area contributed by atoms with E-state index >= 15 is 0 Å². The maximum Gasteiger partial charge on any atom is 0.163 e. The van der Waals surface area contributed by atoms with Crippen LogP contribution in [0.3, 0.4) is 0 Å². The van der Waals surface area contributed by atoms with Crippen LogP contribution in [0.15, 0.2) is 30.7 Å². The Kier molecular flexibility index (Phi) is 2.98. The van der Waals surface area contributed by atoms with Gasteiger partial charge in [0.15, 0.2) is 5.65 Å². The molecule has 6 nitrogen and oxygen atoms in total. The number of hydrogen-bond donors (Lipinski definition) is 1. The summed E-state index contributed by atoms with van der Waals surface area (Å²) < 4.78 is 7.08. The summed E-state index contributed by atoms with van der Waals surface area (Å²) in [6, 6.07) is 5.95. The van der Waals surface area contributed by atoms with Crippen molar-refractivity contribution in [2.24, 2.45) is 7.05 Å². The third-order valence-electron chi connectivity index (χ3n) is 3.14. The number of nitrogens with one attached hydrogen (secondary N) is 1. The second-order valence-corrected chi connectivity index (χ2v) is 4.56. The molecule has 3 aromatic rings. The van der Waals surface area contributed by atoms with Gasteiger partial charge in [0.2, 0.25) is 0 Å². The van der Waals surface area contributed by atoms with Crippen molar-refractivity contribution in [1.82, 2.24) is 19.7 Å². The van der Waals surface area contributed by atoms with Crippen LogP contribution in [0, 0.1) is 6.92 Å². The molecule has 0 amide bonds. The zero-order chi connectivity index (χ0) is 14.1. The summed E-state index contributed by atoms with van der Waals surface area (Å²) in [6.45, 7) is 2.03. The van der Waals surface area contributed by atoms with Crippen LogP contribution in [0.5, 0.6) is 5.75 Å². The van der Waals surface area contributed by atoms with Crippen molar-refractivity contribution in [1.29, 1.82) is 0 Å².